The number of anilines is 1. The van der Waals surface area contributed by atoms with E-state index in [4.69, 9.17) is 32.4 Å². The Balaban J connectivity index is 1.40. The van der Waals surface area contributed by atoms with Gasteiger partial charge >= 0.3 is 5.97 Å². The molecule has 6 nitrogen and oxygen atoms in total. The number of fused-ring (bicyclic) bond motifs is 2. The smallest absolute Gasteiger partial charge is 0.311 e. The van der Waals surface area contributed by atoms with Gasteiger partial charge in [-0.25, -0.2) is 4.98 Å². The Kier molecular flexibility index (Phi) is 5.48. The van der Waals surface area contributed by atoms with E-state index < -0.39 is 18.0 Å². The van der Waals surface area contributed by atoms with Gasteiger partial charge in [-0.05, 0) is 55.5 Å². The predicted molar refractivity (Wildman–Crippen MR) is 110 cm³/mol. The van der Waals surface area contributed by atoms with Crippen LogP contribution in [0.25, 0.3) is 11.0 Å². The van der Waals surface area contributed by atoms with E-state index in [9.17, 15) is 9.59 Å². The lowest BCUT2D eigenvalue weighted by atomic mass is 10.0. The van der Waals surface area contributed by atoms with Crippen LogP contribution in [0.3, 0.4) is 0 Å². The standard InChI is InChI=1S/C21H18Cl2N2O4/c1-11(21(27)25-20-17(23)8-15(22)9-24-20)29-19(26)7-14-10-28-18-6-13-4-2-3-12(13)5-16(14)18/h5-6,8-11H,2-4,7H2,1H3,(H,24,25,27). The summed E-state index contributed by atoms with van der Waals surface area (Å²) in [6.07, 6.45) is 5.17. The van der Waals surface area contributed by atoms with Gasteiger partial charge in [-0.15, -0.1) is 0 Å². The maximum absolute atomic E-state index is 12.4. The fraction of sp³-hybridized carbons (Fsp3) is 0.286. The number of aryl methyl sites for hydroxylation is 2. The second-order valence-electron chi connectivity index (χ2n) is 7.01. The van der Waals surface area contributed by atoms with E-state index in [2.05, 4.69) is 16.4 Å². The second-order valence-corrected chi connectivity index (χ2v) is 7.86. The van der Waals surface area contributed by atoms with Gasteiger partial charge in [0.2, 0.25) is 0 Å². The molecule has 29 heavy (non-hydrogen) atoms. The first-order valence-corrected chi connectivity index (χ1v) is 9.99. The number of carbonyl (C=O) groups is 2. The Bertz CT molecular complexity index is 1110. The second kappa shape index (κ2) is 8.05. The predicted octanol–water partition coefficient (Wildman–Crippen LogP) is 4.74. The average Bonchev–Trinajstić information content (AvgIpc) is 3.28. The zero-order valence-corrected chi connectivity index (χ0v) is 17.1. The highest BCUT2D eigenvalue weighted by Gasteiger charge is 2.22. The van der Waals surface area contributed by atoms with Crippen molar-refractivity contribution in [1.29, 1.82) is 0 Å². The zero-order valence-electron chi connectivity index (χ0n) is 15.6. The molecule has 150 valence electrons. The first kappa shape index (κ1) is 19.7. The molecule has 1 N–H and O–H groups in total. The van der Waals surface area contributed by atoms with Gasteiger partial charge in [-0.2, -0.15) is 0 Å². The molecule has 1 amide bonds. The van der Waals surface area contributed by atoms with Crippen LogP contribution in [-0.2, 0) is 33.6 Å². The van der Waals surface area contributed by atoms with Crippen molar-refractivity contribution in [1.82, 2.24) is 4.98 Å². The van der Waals surface area contributed by atoms with Gasteiger partial charge in [0, 0.05) is 17.1 Å². The van der Waals surface area contributed by atoms with Crippen LogP contribution >= 0.6 is 23.2 Å². The lowest BCUT2D eigenvalue weighted by Crippen LogP contribution is -2.30. The molecule has 0 bridgehead atoms. The topological polar surface area (TPSA) is 81.4 Å². The molecule has 1 aliphatic rings. The Hall–Kier alpha value is -2.57. The molecule has 8 heteroatoms. The van der Waals surface area contributed by atoms with Crippen molar-refractivity contribution >= 4 is 51.9 Å². The van der Waals surface area contributed by atoms with Crippen molar-refractivity contribution in [3.63, 3.8) is 0 Å². The van der Waals surface area contributed by atoms with E-state index in [0.29, 0.717) is 5.02 Å². The van der Waals surface area contributed by atoms with Crippen molar-refractivity contribution < 1.29 is 18.7 Å². The lowest BCUT2D eigenvalue weighted by molar-refractivity contribution is -0.152. The van der Waals surface area contributed by atoms with Gasteiger partial charge in [-0.3, -0.25) is 9.59 Å². The molecule has 1 unspecified atom stereocenters. The summed E-state index contributed by atoms with van der Waals surface area (Å²) in [4.78, 5) is 28.6. The van der Waals surface area contributed by atoms with E-state index in [1.165, 1.54) is 30.3 Å². The zero-order chi connectivity index (χ0) is 20.5. The minimum atomic E-state index is -1.02. The molecular formula is C21H18Cl2N2O4. The molecule has 3 aromatic rings. The number of hydrogen-bond donors (Lipinski definition) is 1. The third-order valence-electron chi connectivity index (χ3n) is 4.93. The first-order valence-electron chi connectivity index (χ1n) is 9.24. The van der Waals surface area contributed by atoms with Gasteiger partial charge in [0.05, 0.1) is 22.7 Å². The SMILES string of the molecule is CC(OC(=O)Cc1coc2cc3c(cc12)CCC3)C(=O)Nc1ncc(Cl)cc1Cl. The van der Waals surface area contributed by atoms with Crippen LogP contribution in [-0.4, -0.2) is 23.0 Å². The fourth-order valence-electron chi connectivity index (χ4n) is 3.46. The van der Waals surface area contributed by atoms with Gasteiger partial charge in [-0.1, -0.05) is 23.2 Å². The highest BCUT2D eigenvalue weighted by molar-refractivity contribution is 6.36. The van der Waals surface area contributed by atoms with Crippen LogP contribution in [0.4, 0.5) is 5.82 Å². The van der Waals surface area contributed by atoms with E-state index >= 15 is 0 Å². The highest BCUT2D eigenvalue weighted by atomic mass is 35.5. The molecular weight excluding hydrogens is 415 g/mol. The summed E-state index contributed by atoms with van der Waals surface area (Å²) in [5.74, 6) is -0.908. The normalized spacial score (nSPS) is 13.9. The number of rotatable bonds is 5. The number of amides is 1. The summed E-state index contributed by atoms with van der Waals surface area (Å²) in [5.41, 5.74) is 4.12. The molecule has 2 aromatic heterocycles. The number of nitrogens with one attached hydrogen (secondary N) is 1. The number of ether oxygens (including phenoxy) is 1. The van der Waals surface area contributed by atoms with Gasteiger partial charge in [0.1, 0.15) is 5.58 Å². The van der Waals surface area contributed by atoms with Crippen molar-refractivity contribution in [3.8, 4) is 0 Å². The monoisotopic (exact) mass is 432 g/mol. The highest BCUT2D eigenvalue weighted by Crippen LogP contribution is 2.30. The Morgan fingerprint density at radius 3 is 2.76 bits per heavy atom. The third kappa shape index (κ3) is 4.23. The van der Waals surface area contributed by atoms with Gasteiger partial charge in [0.25, 0.3) is 5.91 Å². The van der Waals surface area contributed by atoms with Gasteiger partial charge in [0.15, 0.2) is 11.9 Å². The minimum absolute atomic E-state index is 0.0172. The molecule has 0 fully saturated rings. The Morgan fingerprint density at radius 2 is 2.00 bits per heavy atom. The number of nitrogens with zero attached hydrogens (tertiary/aromatic N) is 1. The van der Waals surface area contributed by atoms with Crippen molar-refractivity contribution in [2.75, 3.05) is 5.32 Å². The minimum Gasteiger partial charge on any atom is -0.464 e. The Labute approximate surface area is 177 Å². The van der Waals surface area contributed by atoms with Gasteiger partial charge < -0.3 is 14.5 Å². The molecule has 1 aromatic carbocycles. The maximum Gasteiger partial charge on any atom is 0.311 e. The molecule has 1 aliphatic carbocycles. The van der Waals surface area contributed by atoms with E-state index in [-0.39, 0.29) is 17.3 Å². The number of esters is 1. The van der Waals surface area contributed by atoms with Crippen molar-refractivity contribution in [3.05, 3.63) is 57.4 Å². The number of aromatic nitrogens is 1. The lowest BCUT2D eigenvalue weighted by Gasteiger charge is -2.13. The van der Waals surface area contributed by atoms with E-state index in [1.54, 1.807) is 6.26 Å². The molecule has 0 aliphatic heterocycles. The summed E-state index contributed by atoms with van der Waals surface area (Å²) >= 11 is 11.8. The molecule has 0 spiro atoms. The molecule has 1 atom stereocenters. The molecule has 4 rings (SSSR count). The molecule has 0 saturated heterocycles. The van der Waals surface area contributed by atoms with Crippen molar-refractivity contribution in [2.45, 2.75) is 38.7 Å². The van der Waals surface area contributed by atoms with E-state index in [1.807, 2.05) is 6.07 Å². The number of hydrogen-bond acceptors (Lipinski definition) is 5. The Morgan fingerprint density at radius 1 is 1.24 bits per heavy atom. The van der Waals surface area contributed by atoms with Crippen LogP contribution in [0, 0.1) is 0 Å². The number of benzene rings is 1. The van der Waals surface area contributed by atoms with Crippen LogP contribution in [0.5, 0.6) is 0 Å². The molecule has 2 heterocycles. The molecule has 0 saturated carbocycles. The van der Waals surface area contributed by atoms with Crippen molar-refractivity contribution in [2.24, 2.45) is 0 Å². The summed E-state index contributed by atoms with van der Waals surface area (Å²) in [5, 5.41) is 3.99. The number of pyridine rings is 1. The third-order valence-corrected chi connectivity index (χ3v) is 5.42. The van der Waals surface area contributed by atoms with Crippen LogP contribution in [0.15, 0.2) is 35.1 Å². The summed E-state index contributed by atoms with van der Waals surface area (Å²) in [7, 11) is 0. The fourth-order valence-corrected chi connectivity index (χ4v) is 3.89. The number of carbonyl (C=O) groups excluding carboxylic acids is 2. The molecule has 0 radical (unpaired) electrons. The number of halogens is 2. The largest absolute Gasteiger partial charge is 0.464 e. The van der Waals surface area contributed by atoms with Crippen LogP contribution in [0.1, 0.15) is 30.0 Å². The van der Waals surface area contributed by atoms with Crippen LogP contribution < -0.4 is 5.32 Å². The average molecular weight is 433 g/mol. The summed E-state index contributed by atoms with van der Waals surface area (Å²) in [6, 6.07) is 5.60. The maximum atomic E-state index is 12.4. The quantitative estimate of drug-likeness (QED) is 0.588. The van der Waals surface area contributed by atoms with E-state index in [0.717, 1.165) is 35.8 Å². The number of furan rings is 1. The summed E-state index contributed by atoms with van der Waals surface area (Å²) < 4.78 is 10.9. The first-order chi connectivity index (χ1) is 13.9. The van der Waals surface area contributed by atoms with Crippen LogP contribution in [0.2, 0.25) is 10.0 Å². The summed E-state index contributed by atoms with van der Waals surface area (Å²) in [6.45, 7) is 1.48.